The lowest BCUT2D eigenvalue weighted by Gasteiger charge is -2.17. The van der Waals surface area contributed by atoms with Gasteiger partial charge in [-0.1, -0.05) is 60.7 Å². The van der Waals surface area contributed by atoms with Crippen LogP contribution in [0.4, 0.5) is 5.69 Å². The van der Waals surface area contributed by atoms with Gasteiger partial charge in [0.1, 0.15) is 24.0 Å². The Hall–Kier alpha value is -4.69. The largest absolute Gasteiger partial charge is 0.487 e. The summed E-state index contributed by atoms with van der Waals surface area (Å²) in [6.07, 6.45) is 1.76. The van der Waals surface area contributed by atoms with Crippen LogP contribution in [0, 0.1) is 17.7 Å². The van der Waals surface area contributed by atoms with Gasteiger partial charge in [0.15, 0.2) is 0 Å². The Bertz CT molecular complexity index is 1400. The summed E-state index contributed by atoms with van der Waals surface area (Å²) in [4.78, 5) is 4.48. The number of aromatic nitrogens is 1. The number of benzene rings is 3. The Kier molecular flexibility index (Phi) is 7.80. The average molecular weight is 495 g/mol. The number of nitrogens with one attached hydrogen (secondary N) is 3. The lowest BCUT2D eigenvalue weighted by Crippen LogP contribution is -2.11. The summed E-state index contributed by atoms with van der Waals surface area (Å²) in [6.45, 7) is 2.46. The number of nitrogens with two attached hydrogens (primary N) is 2. The van der Waals surface area contributed by atoms with Crippen LogP contribution in [0.3, 0.4) is 0 Å². The number of hydrogen-bond acceptors (Lipinski definition) is 6. The van der Waals surface area contributed by atoms with E-state index in [2.05, 4.69) is 10.3 Å². The molecule has 4 rings (SSSR count). The Balaban J connectivity index is 1.43. The zero-order valence-corrected chi connectivity index (χ0v) is 20.6. The van der Waals surface area contributed by atoms with E-state index in [0.29, 0.717) is 41.3 Å². The Labute approximate surface area is 216 Å². The van der Waals surface area contributed by atoms with E-state index in [9.17, 15) is 5.11 Å². The van der Waals surface area contributed by atoms with Gasteiger partial charge < -0.3 is 26.6 Å². The van der Waals surface area contributed by atoms with Crippen molar-refractivity contribution in [2.24, 2.45) is 11.5 Å². The predicted octanol–water partition coefficient (Wildman–Crippen LogP) is 4.31. The van der Waals surface area contributed by atoms with E-state index < -0.39 is 0 Å². The van der Waals surface area contributed by atoms with E-state index in [0.717, 1.165) is 27.9 Å². The van der Waals surface area contributed by atoms with Gasteiger partial charge in [0.25, 0.3) is 0 Å². The second-order valence-electron chi connectivity index (χ2n) is 8.66. The van der Waals surface area contributed by atoms with Gasteiger partial charge in [-0.15, -0.1) is 0 Å². The molecule has 188 valence electrons. The third-order valence-corrected chi connectivity index (χ3v) is 6.11. The zero-order valence-electron chi connectivity index (χ0n) is 20.6. The summed E-state index contributed by atoms with van der Waals surface area (Å²) >= 11 is 0. The number of rotatable bonds is 10. The van der Waals surface area contributed by atoms with Crippen molar-refractivity contribution in [3.8, 4) is 16.9 Å². The van der Waals surface area contributed by atoms with Gasteiger partial charge in [-0.05, 0) is 41.3 Å². The molecule has 0 bridgehead atoms. The zero-order chi connectivity index (χ0) is 26.4. The van der Waals surface area contributed by atoms with Crippen molar-refractivity contribution in [2.75, 3.05) is 5.32 Å². The molecule has 8 N–H and O–H groups in total. The Morgan fingerprint density at radius 1 is 0.865 bits per heavy atom. The highest BCUT2D eigenvalue weighted by molar-refractivity contribution is 5.95. The third-order valence-electron chi connectivity index (χ3n) is 6.11. The van der Waals surface area contributed by atoms with Crippen molar-refractivity contribution < 1.29 is 9.84 Å². The van der Waals surface area contributed by atoms with Crippen LogP contribution in [0.1, 0.15) is 33.5 Å². The van der Waals surface area contributed by atoms with Gasteiger partial charge in [0, 0.05) is 35.1 Å². The molecular weight excluding hydrogens is 464 g/mol. The van der Waals surface area contributed by atoms with Gasteiger partial charge in [-0.25, -0.2) is 0 Å². The first kappa shape index (κ1) is 25.4. The number of pyridine rings is 1. The first-order valence-corrected chi connectivity index (χ1v) is 11.8. The SMILES string of the molecule is Cc1ncc(CNc2ccc(-c3ccc(C(=N)N)cc3)cc2)c(CO)c1OCc1ccc(C(=N)N)cc1. The lowest BCUT2D eigenvalue weighted by atomic mass is 10.0. The maximum Gasteiger partial charge on any atom is 0.146 e. The van der Waals surface area contributed by atoms with Crippen LogP contribution in [0.2, 0.25) is 0 Å². The molecule has 1 heterocycles. The molecule has 4 aromatic rings. The van der Waals surface area contributed by atoms with Crippen LogP contribution in [-0.2, 0) is 19.8 Å². The minimum atomic E-state index is -0.172. The molecule has 8 nitrogen and oxygen atoms in total. The van der Waals surface area contributed by atoms with E-state index in [1.54, 1.807) is 18.3 Å². The molecule has 0 radical (unpaired) electrons. The molecule has 0 fully saturated rings. The molecule has 0 spiro atoms. The fourth-order valence-corrected chi connectivity index (χ4v) is 3.95. The number of ether oxygens (including phenoxy) is 1. The monoisotopic (exact) mass is 494 g/mol. The minimum absolute atomic E-state index is 0.0215. The maximum absolute atomic E-state index is 10.1. The summed E-state index contributed by atoms with van der Waals surface area (Å²) in [7, 11) is 0. The highest BCUT2D eigenvalue weighted by atomic mass is 16.5. The number of aliphatic hydroxyl groups is 1. The summed E-state index contributed by atoms with van der Waals surface area (Å²) in [5.74, 6) is 0.644. The normalized spacial score (nSPS) is 10.6. The lowest BCUT2D eigenvalue weighted by molar-refractivity contribution is 0.256. The summed E-state index contributed by atoms with van der Waals surface area (Å²) in [6, 6.07) is 22.9. The van der Waals surface area contributed by atoms with Crippen molar-refractivity contribution in [3.05, 3.63) is 113 Å². The second-order valence-corrected chi connectivity index (χ2v) is 8.66. The van der Waals surface area contributed by atoms with E-state index in [1.165, 1.54) is 0 Å². The fraction of sp³-hybridized carbons (Fsp3) is 0.138. The van der Waals surface area contributed by atoms with Crippen LogP contribution < -0.4 is 21.5 Å². The number of aryl methyl sites for hydroxylation is 1. The summed E-state index contributed by atoms with van der Waals surface area (Å²) in [5, 5.41) is 28.6. The van der Waals surface area contributed by atoms with Crippen molar-refractivity contribution in [2.45, 2.75) is 26.7 Å². The molecular formula is C29H30N6O2. The third kappa shape index (κ3) is 6.12. The highest BCUT2D eigenvalue weighted by Crippen LogP contribution is 2.28. The average Bonchev–Trinajstić information content (AvgIpc) is 2.92. The molecule has 0 saturated heterocycles. The molecule has 1 aromatic heterocycles. The first-order valence-electron chi connectivity index (χ1n) is 11.8. The molecule has 0 saturated carbocycles. The van der Waals surface area contributed by atoms with Crippen LogP contribution in [0.5, 0.6) is 5.75 Å². The van der Waals surface area contributed by atoms with Crippen molar-refractivity contribution >= 4 is 17.4 Å². The van der Waals surface area contributed by atoms with E-state index in [1.807, 2.05) is 67.6 Å². The number of nitrogens with zero attached hydrogens (tertiary/aromatic N) is 1. The number of hydrogen-bond donors (Lipinski definition) is 6. The van der Waals surface area contributed by atoms with Gasteiger partial charge >= 0.3 is 0 Å². The van der Waals surface area contributed by atoms with Gasteiger partial charge in [0.05, 0.1) is 12.3 Å². The fourth-order valence-electron chi connectivity index (χ4n) is 3.95. The van der Waals surface area contributed by atoms with Crippen LogP contribution in [-0.4, -0.2) is 21.8 Å². The molecule has 0 aliphatic heterocycles. The molecule has 0 aliphatic carbocycles. The smallest absolute Gasteiger partial charge is 0.146 e. The maximum atomic E-state index is 10.1. The molecule has 8 heteroatoms. The van der Waals surface area contributed by atoms with Crippen LogP contribution >= 0.6 is 0 Å². The van der Waals surface area contributed by atoms with Gasteiger partial charge in [-0.3, -0.25) is 15.8 Å². The van der Waals surface area contributed by atoms with Gasteiger partial charge in [-0.2, -0.15) is 0 Å². The minimum Gasteiger partial charge on any atom is -0.487 e. The number of anilines is 1. The molecule has 37 heavy (non-hydrogen) atoms. The Morgan fingerprint density at radius 2 is 1.41 bits per heavy atom. The molecule has 0 atom stereocenters. The topological polar surface area (TPSA) is 154 Å². The van der Waals surface area contributed by atoms with E-state index in [4.69, 9.17) is 27.0 Å². The van der Waals surface area contributed by atoms with Crippen molar-refractivity contribution in [1.29, 1.82) is 10.8 Å². The molecule has 0 unspecified atom stereocenters. The first-order chi connectivity index (χ1) is 17.9. The summed E-state index contributed by atoms with van der Waals surface area (Å²) < 4.78 is 6.07. The standard InChI is InChI=1S/C29H30N6O2/c1-18-27(37-17-19-2-4-22(5-3-19)28(30)31)26(16-36)24(14-34-18)15-35-25-12-10-21(11-13-25)20-6-8-23(9-7-20)29(32)33/h2-14,35-36H,15-17H2,1H3,(H3,30,31)(H3,32,33). The number of aliphatic hydroxyl groups excluding tert-OH is 1. The van der Waals surface area contributed by atoms with E-state index >= 15 is 0 Å². The summed E-state index contributed by atoms with van der Waals surface area (Å²) in [5.41, 5.74) is 18.6. The highest BCUT2D eigenvalue weighted by Gasteiger charge is 2.14. The van der Waals surface area contributed by atoms with Crippen molar-refractivity contribution in [3.63, 3.8) is 0 Å². The molecule has 3 aromatic carbocycles. The van der Waals surface area contributed by atoms with Crippen molar-refractivity contribution in [1.82, 2.24) is 4.98 Å². The second kappa shape index (κ2) is 11.4. The number of amidine groups is 2. The molecule has 0 aliphatic rings. The van der Waals surface area contributed by atoms with Crippen LogP contribution in [0.15, 0.2) is 79.0 Å². The van der Waals surface area contributed by atoms with Crippen LogP contribution in [0.25, 0.3) is 11.1 Å². The number of nitrogen functional groups attached to an aromatic ring is 2. The predicted molar refractivity (Wildman–Crippen MR) is 147 cm³/mol. The van der Waals surface area contributed by atoms with E-state index in [-0.39, 0.29) is 18.3 Å². The Morgan fingerprint density at radius 3 is 1.95 bits per heavy atom. The quantitative estimate of drug-likeness (QED) is 0.143. The van der Waals surface area contributed by atoms with Gasteiger partial charge in [0.2, 0.25) is 0 Å². The molecule has 0 amide bonds.